The molecule has 0 radical (unpaired) electrons. The average molecular weight is 338 g/mol. The number of hydrogen-bond donors (Lipinski definition) is 1. The zero-order chi connectivity index (χ0) is 17.0. The van der Waals surface area contributed by atoms with Crippen molar-refractivity contribution in [2.45, 2.75) is 20.0 Å². The monoisotopic (exact) mass is 338 g/mol. The molecule has 0 aliphatic rings. The first-order valence-corrected chi connectivity index (χ1v) is 7.56. The molecule has 1 aromatic heterocycles. The third-order valence-corrected chi connectivity index (χ3v) is 3.68. The Hall–Kier alpha value is -2.48. The van der Waals surface area contributed by atoms with Crippen LogP contribution in [0, 0.1) is 5.82 Å². The number of carbonyl (C=O) groups is 2. The van der Waals surface area contributed by atoms with Gasteiger partial charge in [-0.25, -0.2) is 14.2 Å². The van der Waals surface area contributed by atoms with Gasteiger partial charge in [0, 0.05) is 12.3 Å². The molecule has 0 saturated heterocycles. The van der Waals surface area contributed by atoms with E-state index in [9.17, 15) is 14.0 Å². The van der Waals surface area contributed by atoms with E-state index < -0.39 is 17.9 Å². The van der Waals surface area contributed by atoms with Crippen LogP contribution in [0.2, 0.25) is 0 Å². The molecule has 8 heteroatoms. The molecule has 0 saturated carbocycles. The zero-order valence-electron chi connectivity index (χ0n) is 12.8. The number of esters is 1. The van der Waals surface area contributed by atoms with Crippen LogP contribution in [-0.2, 0) is 9.53 Å². The average Bonchev–Trinajstić information content (AvgIpc) is 2.94. The highest BCUT2D eigenvalue weighted by Gasteiger charge is 2.18. The van der Waals surface area contributed by atoms with E-state index in [-0.39, 0.29) is 17.4 Å². The summed E-state index contributed by atoms with van der Waals surface area (Å²) in [7, 11) is 1.37. The molecule has 23 heavy (non-hydrogen) atoms. The fraction of sp³-hybridized carbons (Fsp3) is 0.267. The van der Waals surface area contributed by atoms with E-state index in [4.69, 9.17) is 9.47 Å². The van der Waals surface area contributed by atoms with Gasteiger partial charge in [0.2, 0.25) is 5.91 Å². The number of thiazole rings is 1. The smallest absolute Gasteiger partial charge is 0.358 e. The van der Waals surface area contributed by atoms with Crippen LogP contribution in [-0.4, -0.2) is 24.0 Å². The maximum absolute atomic E-state index is 13.7. The van der Waals surface area contributed by atoms with E-state index in [1.54, 1.807) is 13.0 Å². The van der Waals surface area contributed by atoms with Crippen LogP contribution in [0.4, 0.5) is 9.52 Å². The molecular formula is C15H15FN2O4S. The Labute approximate surface area is 136 Å². The molecule has 0 aliphatic heterocycles. The van der Waals surface area contributed by atoms with Gasteiger partial charge in [-0.15, -0.1) is 11.3 Å². The third-order valence-electron chi connectivity index (χ3n) is 2.93. The predicted octanol–water partition coefficient (Wildman–Crippen LogP) is 3.17. The van der Waals surface area contributed by atoms with E-state index in [0.717, 1.165) is 11.3 Å². The molecule has 2 rings (SSSR count). The van der Waals surface area contributed by atoms with Crippen LogP contribution in [0.5, 0.6) is 5.75 Å². The molecule has 0 bridgehead atoms. The number of ether oxygens (including phenoxy) is 2. The maximum Gasteiger partial charge on any atom is 0.358 e. The molecule has 1 aromatic carbocycles. The summed E-state index contributed by atoms with van der Waals surface area (Å²) in [6.45, 7) is 2.97. The molecule has 2 aromatic rings. The summed E-state index contributed by atoms with van der Waals surface area (Å²) >= 11 is 1.12. The molecule has 0 spiro atoms. The van der Waals surface area contributed by atoms with Gasteiger partial charge in [-0.05, 0) is 24.6 Å². The van der Waals surface area contributed by atoms with E-state index in [1.165, 1.54) is 31.5 Å². The van der Waals surface area contributed by atoms with Gasteiger partial charge in [-0.1, -0.05) is 6.07 Å². The Balaban J connectivity index is 2.05. The maximum atomic E-state index is 13.7. The van der Waals surface area contributed by atoms with Crippen molar-refractivity contribution in [1.82, 2.24) is 4.98 Å². The summed E-state index contributed by atoms with van der Waals surface area (Å²) in [4.78, 5) is 26.9. The van der Waals surface area contributed by atoms with Gasteiger partial charge in [0.25, 0.3) is 0 Å². The van der Waals surface area contributed by atoms with Crippen LogP contribution in [0.15, 0.2) is 23.6 Å². The number of benzene rings is 1. The lowest BCUT2D eigenvalue weighted by Gasteiger charge is -2.13. The molecule has 0 aliphatic carbocycles. The van der Waals surface area contributed by atoms with Crippen molar-refractivity contribution in [2.75, 3.05) is 12.4 Å². The number of nitrogens with zero attached hydrogens (tertiary/aromatic N) is 1. The fourth-order valence-corrected chi connectivity index (χ4v) is 2.53. The van der Waals surface area contributed by atoms with Crippen LogP contribution in [0.25, 0.3) is 0 Å². The zero-order valence-corrected chi connectivity index (χ0v) is 13.6. The summed E-state index contributed by atoms with van der Waals surface area (Å²) in [6, 6.07) is 4.33. The van der Waals surface area contributed by atoms with Gasteiger partial charge in [0.05, 0.1) is 7.11 Å². The Kier molecular flexibility index (Phi) is 5.28. The number of aromatic nitrogens is 1. The van der Waals surface area contributed by atoms with Crippen LogP contribution < -0.4 is 10.1 Å². The summed E-state index contributed by atoms with van der Waals surface area (Å²) in [5, 5.41) is 4.28. The second-order valence-electron chi connectivity index (χ2n) is 4.66. The lowest BCUT2D eigenvalue weighted by atomic mass is 10.1. The Morgan fingerprint density at radius 1 is 1.39 bits per heavy atom. The first-order valence-electron chi connectivity index (χ1n) is 6.68. The minimum Gasteiger partial charge on any atom is -0.494 e. The van der Waals surface area contributed by atoms with Gasteiger partial charge < -0.3 is 14.8 Å². The van der Waals surface area contributed by atoms with Gasteiger partial charge in [-0.3, -0.25) is 4.79 Å². The second kappa shape index (κ2) is 7.19. The molecule has 1 heterocycles. The molecule has 6 nitrogen and oxygen atoms in total. The van der Waals surface area contributed by atoms with Crippen molar-refractivity contribution in [2.24, 2.45) is 0 Å². The first kappa shape index (κ1) is 16.9. The normalized spacial score (nSPS) is 11.7. The molecule has 1 N–H and O–H groups in total. The minimum absolute atomic E-state index is 0.0829. The summed E-state index contributed by atoms with van der Waals surface area (Å²) in [5.41, 5.74) is 0.577. The lowest BCUT2D eigenvalue weighted by Crippen LogP contribution is -2.11. The Morgan fingerprint density at radius 3 is 2.74 bits per heavy atom. The highest BCUT2D eigenvalue weighted by molar-refractivity contribution is 7.14. The standard InChI is InChI=1S/C15H15FN2O4S/c1-8(10-4-5-13(21-3)11(16)6-10)22-14(20)12-7-23-15(18-12)17-9(2)19/h4-8H,1-3H3,(H,17,18,19). The molecule has 122 valence electrons. The quantitative estimate of drug-likeness (QED) is 0.847. The molecule has 1 amide bonds. The van der Waals surface area contributed by atoms with Gasteiger partial charge in [-0.2, -0.15) is 0 Å². The second-order valence-corrected chi connectivity index (χ2v) is 5.52. The molecular weight excluding hydrogens is 323 g/mol. The predicted molar refractivity (Wildman–Crippen MR) is 83.2 cm³/mol. The SMILES string of the molecule is COc1ccc(C(C)OC(=O)c2csc(NC(C)=O)n2)cc1F. The van der Waals surface area contributed by atoms with E-state index in [2.05, 4.69) is 10.3 Å². The molecule has 1 unspecified atom stereocenters. The van der Waals surface area contributed by atoms with Crippen LogP contribution in [0.3, 0.4) is 0 Å². The summed E-state index contributed by atoms with van der Waals surface area (Å²) in [6.07, 6.45) is -0.658. The van der Waals surface area contributed by atoms with E-state index in [0.29, 0.717) is 10.7 Å². The number of halogens is 1. The highest BCUT2D eigenvalue weighted by Crippen LogP contribution is 2.25. The number of carbonyl (C=O) groups excluding carboxylic acids is 2. The third kappa shape index (κ3) is 4.26. The topological polar surface area (TPSA) is 77.5 Å². The number of anilines is 1. The number of amides is 1. The summed E-state index contributed by atoms with van der Waals surface area (Å²) < 4.78 is 23.8. The van der Waals surface area contributed by atoms with Crippen molar-refractivity contribution in [1.29, 1.82) is 0 Å². The molecule has 1 atom stereocenters. The minimum atomic E-state index is -0.658. The lowest BCUT2D eigenvalue weighted by molar-refractivity contribution is -0.114. The van der Waals surface area contributed by atoms with Crippen molar-refractivity contribution < 1.29 is 23.5 Å². The van der Waals surface area contributed by atoms with Crippen LogP contribution in [0.1, 0.15) is 36.0 Å². The van der Waals surface area contributed by atoms with Crippen molar-refractivity contribution >= 4 is 28.3 Å². The number of rotatable bonds is 5. The van der Waals surface area contributed by atoms with Crippen LogP contribution >= 0.6 is 11.3 Å². The van der Waals surface area contributed by atoms with E-state index >= 15 is 0 Å². The van der Waals surface area contributed by atoms with Crippen molar-refractivity contribution in [3.05, 3.63) is 40.7 Å². The van der Waals surface area contributed by atoms with Crippen molar-refractivity contribution in [3.63, 3.8) is 0 Å². The van der Waals surface area contributed by atoms with Crippen molar-refractivity contribution in [3.8, 4) is 5.75 Å². The first-order chi connectivity index (χ1) is 10.9. The van der Waals surface area contributed by atoms with E-state index in [1.807, 2.05) is 0 Å². The Morgan fingerprint density at radius 2 is 2.13 bits per heavy atom. The van der Waals surface area contributed by atoms with Gasteiger partial charge in [0.1, 0.15) is 6.10 Å². The number of nitrogens with one attached hydrogen (secondary N) is 1. The van der Waals surface area contributed by atoms with Gasteiger partial charge >= 0.3 is 5.97 Å². The highest BCUT2D eigenvalue weighted by atomic mass is 32.1. The molecule has 0 fully saturated rings. The fourth-order valence-electron chi connectivity index (χ4n) is 1.80. The summed E-state index contributed by atoms with van der Waals surface area (Å²) in [5.74, 6) is -1.34. The van der Waals surface area contributed by atoms with Gasteiger partial charge in [0.15, 0.2) is 22.4 Å². The Bertz CT molecular complexity index is 732. The largest absolute Gasteiger partial charge is 0.494 e. The number of methoxy groups -OCH3 is 1. The number of hydrogen-bond acceptors (Lipinski definition) is 6.